The van der Waals surface area contributed by atoms with E-state index in [-0.39, 0.29) is 6.61 Å². The maximum atomic E-state index is 8.63. The summed E-state index contributed by atoms with van der Waals surface area (Å²) >= 11 is 0. The van der Waals surface area contributed by atoms with Crippen LogP contribution in [0.15, 0.2) is 58.8 Å². The quantitative estimate of drug-likeness (QED) is 0.121. The Morgan fingerprint density at radius 1 is 0.514 bits per heavy atom. The normalized spacial score (nSPS) is 11.3. The largest absolute Gasteiger partial charge is 0.494 e. The third-order valence-electron chi connectivity index (χ3n) is 5.83. The molecule has 0 aliphatic carbocycles. The summed E-state index contributed by atoms with van der Waals surface area (Å²) in [4.78, 5) is 0. The third-order valence-corrected chi connectivity index (χ3v) is 5.83. The summed E-state index contributed by atoms with van der Waals surface area (Å²) in [5, 5.41) is 17.2. The minimum absolute atomic E-state index is 0.0272. The van der Waals surface area contributed by atoms with Crippen molar-refractivity contribution in [1.82, 2.24) is 0 Å². The molecule has 0 heterocycles. The first-order valence-corrected chi connectivity index (χ1v) is 14.0. The summed E-state index contributed by atoms with van der Waals surface area (Å²) in [6.07, 6.45) is 13.3. The third kappa shape index (κ3) is 16.1. The van der Waals surface area contributed by atoms with Crippen molar-refractivity contribution in [2.75, 3.05) is 46.2 Å². The SMILES string of the molecule is CCCCCCCCCCCCOc1ccc(N=Nc2ccc(OCCOCCOCCO)cc2)cc1. The molecule has 206 valence electrons. The first kappa shape index (κ1) is 30.7. The highest BCUT2D eigenvalue weighted by Crippen LogP contribution is 2.23. The van der Waals surface area contributed by atoms with Crippen LogP contribution in [0.4, 0.5) is 11.4 Å². The Hall–Kier alpha value is -2.48. The molecule has 0 radical (unpaired) electrons. The first-order valence-electron chi connectivity index (χ1n) is 14.0. The van der Waals surface area contributed by atoms with E-state index in [1.165, 1.54) is 57.8 Å². The van der Waals surface area contributed by atoms with E-state index >= 15 is 0 Å². The molecule has 0 aliphatic rings. The summed E-state index contributed by atoms with van der Waals surface area (Å²) in [6.45, 7) is 5.27. The van der Waals surface area contributed by atoms with Crippen LogP contribution in [0, 0.1) is 0 Å². The Morgan fingerprint density at radius 3 is 1.46 bits per heavy atom. The van der Waals surface area contributed by atoms with Gasteiger partial charge in [0.15, 0.2) is 0 Å². The number of aliphatic hydroxyl groups excluding tert-OH is 1. The number of benzene rings is 2. The highest BCUT2D eigenvalue weighted by Gasteiger charge is 1.98. The van der Waals surface area contributed by atoms with Crippen LogP contribution in [0.25, 0.3) is 0 Å². The Kier molecular flexibility index (Phi) is 17.9. The number of nitrogens with zero attached hydrogens (tertiary/aromatic N) is 2. The monoisotopic (exact) mass is 514 g/mol. The standard InChI is InChI=1S/C30H46N2O5/c1-2-3-4-5-6-7-8-9-10-11-21-36-29-16-12-27(13-17-29)31-32-28-14-18-30(19-15-28)37-26-25-35-24-23-34-22-20-33/h12-19,33H,2-11,20-26H2,1H3. The molecule has 0 amide bonds. The van der Waals surface area contributed by atoms with E-state index in [2.05, 4.69) is 17.2 Å². The molecular formula is C30H46N2O5. The van der Waals surface area contributed by atoms with Gasteiger partial charge in [-0.1, -0.05) is 64.7 Å². The van der Waals surface area contributed by atoms with Crippen LogP contribution >= 0.6 is 0 Å². The van der Waals surface area contributed by atoms with E-state index in [9.17, 15) is 0 Å². The van der Waals surface area contributed by atoms with Crippen LogP contribution in [0.5, 0.6) is 11.5 Å². The van der Waals surface area contributed by atoms with Gasteiger partial charge in [0, 0.05) is 0 Å². The Bertz CT molecular complexity index is 812. The maximum absolute atomic E-state index is 8.63. The van der Waals surface area contributed by atoms with E-state index < -0.39 is 0 Å². The van der Waals surface area contributed by atoms with Crippen LogP contribution in [-0.4, -0.2) is 51.4 Å². The second-order valence-corrected chi connectivity index (χ2v) is 9.02. The lowest BCUT2D eigenvalue weighted by Gasteiger charge is -2.07. The van der Waals surface area contributed by atoms with Gasteiger partial charge in [0.1, 0.15) is 18.1 Å². The summed E-state index contributed by atoms with van der Waals surface area (Å²) < 4.78 is 22.1. The van der Waals surface area contributed by atoms with E-state index in [4.69, 9.17) is 24.1 Å². The highest BCUT2D eigenvalue weighted by atomic mass is 16.5. The van der Waals surface area contributed by atoms with Crippen molar-refractivity contribution in [3.8, 4) is 11.5 Å². The molecule has 0 atom stereocenters. The molecule has 0 aliphatic heterocycles. The summed E-state index contributed by atoms with van der Waals surface area (Å²) in [5.74, 6) is 1.63. The van der Waals surface area contributed by atoms with Gasteiger partial charge in [-0.3, -0.25) is 0 Å². The molecule has 0 aromatic heterocycles. The molecule has 0 fully saturated rings. The zero-order chi connectivity index (χ0) is 26.2. The molecule has 2 rings (SSSR count). The van der Waals surface area contributed by atoms with Crippen molar-refractivity contribution in [1.29, 1.82) is 0 Å². The van der Waals surface area contributed by atoms with Gasteiger partial charge in [0.05, 0.1) is 51.0 Å². The fraction of sp³-hybridized carbons (Fsp3) is 0.600. The van der Waals surface area contributed by atoms with E-state index in [0.717, 1.165) is 35.9 Å². The van der Waals surface area contributed by atoms with Crippen molar-refractivity contribution in [2.45, 2.75) is 71.1 Å². The number of hydrogen-bond acceptors (Lipinski definition) is 7. The van der Waals surface area contributed by atoms with Crippen molar-refractivity contribution in [3.05, 3.63) is 48.5 Å². The summed E-state index contributed by atoms with van der Waals surface area (Å²) in [7, 11) is 0. The van der Waals surface area contributed by atoms with Gasteiger partial charge in [-0.15, -0.1) is 0 Å². The van der Waals surface area contributed by atoms with Gasteiger partial charge in [-0.25, -0.2) is 0 Å². The minimum Gasteiger partial charge on any atom is -0.494 e. The molecule has 0 unspecified atom stereocenters. The second-order valence-electron chi connectivity index (χ2n) is 9.02. The van der Waals surface area contributed by atoms with Gasteiger partial charge >= 0.3 is 0 Å². The minimum atomic E-state index is 0.0272. The number of ether oxygens (including phenoxy) is 4. The molecule has 0 bridgehead atoms. The number of unbranched alkanes of at least 4 members (excludes halogenated alkanes) is 9. The van der Waals surface area contributed by atoms with Crippen LogP contribution < -0.4 is 9.47 Å². The van der Waals surface area contributed by atoms with Gasteiger partial charge in [-0.2, -0.15) is 10.2 Å². The molecule has 7 heteroatoms. The smallest absolute Gasteiger partial charge is 0.119 e. The van der Waals surface area contributed by atoms with Gasteiger partial charge < -0.3 is 24.1 Å². The molecule has 2 aromatic rings. The number of hydrogen-bond donors (Lipinski definition) is 1. The van der Waals surface area contributed by atoms with E-state index in [1.54, 1.807) is 0 Å². The molecule has 1 N–H and O–H groups in total. The zero-order valence-corrected chi connectivity index (χ0v) is 22.6. The Morgan fingerprint density at radius 2 is 0.946 bits per heavy atom. The molecule has 7 nitrogen and oxygen atoms in total. The molecule has 2 aromatic carbocycles. The Labute approximate surface area is 223 Å². The van der Waals surface area contributed by atoms with Crippen molar-refractivity contribution in [3.63, 3.8) is 0 Å². The summed E-state index contributed by atoms with van der Waals surface area (Å²) in [5.41, 5.74) is 1.54. The molecule has 0 spiro atoms. The predicted octanol–water partition coefficient (Wildman–Crippen LogP) is 7.81. The Balaban J connectivity index is 1.54. The van der Waals surface area contributed by atoms with Crippen LogP contribution in [-0.2, 0) is 9.47 Å². The number of rotatable bonds is 23. The molecular weight excluding hydrogens is 468 g/mol. The van der Waals surface area contributed by atoms with Crippen molar-refractivity contribution >= 4 is 11.4 Å². The van der Waals surface area contributed by atoms with Gasteiger partial charge in [-0.05, 0) is 55.0 Å². The topological polar surface area (TPSA) is 81.9 Å². The lowest BCUT2D eigenvalue weighted by Crippen LogP contribution is -2.11. The predicted molar refractivity (Wildman–Crippen MR) is 149 cm³/mol. The first-order chi connectivity index (χ1) is 18.3. The van der Waals surface area contributed by atoms with Crippen LogP contribution in [0.3, 0.4) is 0 Å². The van der Waals surface area contributed by atoms with E-state index in [0.29, 0.717) is 33.0 Å². The lowest BCUT2D eigenvalue weighted by atomic mass is 10.1. The summed E-state index contributed by atoms with van der Waals surface area (Å²) in [6, 6.07) is 15.2. The number of aliphatic hydroxyl groups is 1. The molecule has 37 heavy (non-hydrogen) atoms. The second kappa shape index (κ2) is 21.6. The lowest BCUT2D eigenvalue weighted by molar-refractivity contribution is 0.0247. The molecule has 0 saturated heterocycles. The maximum Gasteiger partial charge on any atom is 0.119 e. The van der Waals surface area contributed by atoms with E-state index in [1.807, 2.05) is 48.5 Å². The van der Waals surface area contributed by atoms with Crippen molar-refractivity contribution in [2.24, 2.45) is 10.2 Å². The fourth-order valence-electron chi connectivity index (χ4n) is 3.72. The van der Waals surface area contributed by atoms with Crippen LogP contribution in [0.1, 0.15) is 71.1 Å². The molecule has 0 saturated carbocycles. The fourth-order valence-corrected chi connectivity index (χ4v) is 3.72. The average Bonchev–Trinajstić information content (AvgIpc) is 2.93. The highest BCUT2D eigenvalue weighted by molar-refractivity contribution is 5.44. The van der Waals surface area contributed by atoms with Gasteiger partial charge in [0.25, 0.3) is 0 Å². The van der Waals surface area contributed by atoms with Crippen molar-refractivity contribution < 1.29 is 24.1 Å². The average molecular weight is 515 g/mol. The van der Waals surface area contributed by atoms with Crippen LogP contribution in [0.2, 0.25) is 0 Å². The number of azo groups is 1. The van der Waals surface area contributed by atoms with Gasteiger partial charge in [0.2, 0.25) is 0 Å². The zero-order valence-electron chi connectivity index (χ0n) is 22.6.